The third kappa shape index (κ3) is 2.99. The zero-order chi connectivity index (χ0) is 11.3. The molecule has 3 amide bonds. The first-order chi connectivity index (χ1) is 7.15. The number of primary amides is 1. The fourth-order valence-corrected chi connectivity index (χ4v) is 0.996. The Morgan fingerprint density at radius 2 is 2.00 bits per heavy atom. The molecule has 0 heterocycles. The number of amides is 3. The number of nitrogens with one attached hydrogen (secondary N) is 2. The summed E-state index contributed by atoms with van der Waals surface area (Å²) in [7, 11) is 0. The van der Waals surface area contributed by atoms with Gasteiger partial charge in [-0.3, -0.25) is 10.2 Å². The maximum atomic E-state index is 11.0. The molecule has 0 aliphatic carbocycles. The average Bonchev–Trinajstić information content (AvgIpc) is 2.26. The van der Waals surface area contributed by atoms with E-state index in [2.05, 4.69) is 27.6 Å². The summed E-state index contributed by atoms with van der Waals surface area (Å²) in [4.78, 5) is 21.7. The lowest BCUT2D eigenvalue weighted by Crippen LogP contribution is -2.27. The summed E-state index contributed by atoms with van der Waals surface area (Å²) in [6.07, 6.45) is 0. The van der Waals surface area contributed by atoms with Crippen LogP contribution in [0.1, 0.15) is 10.4 Å². The number of anilines is 1. The molecule has 6 nitrogen and oxygen atoms in total. The molecule has 0 saturated heterocycles. The maximum absolute atomic E-state index is 11.0. The predicted molar refractivity (Wildman–Crippen MR) is 56.9 cm³/mol. The molecule has 15 heavy (non-hydrogen) atoms. The highest BCUT2D eigenvalue weighted by atomic mass is 32.1. The summed E-state index contributed by atoms with van der Waals surface area (Å²) >= 11 is 4.16. The van der Waals surface area contributed by atoms with E-state index in [0.717, 1.165) is 0 Å². The number of nitrogens with two attached hydrogens (primary N) is 1. The van der Waals surface area contributed by atoms with E-state index >= 15 is 0 Å². The summed E-state index contributed by atoms with van der Waals surface area (Å²) in [5, 5.41) is 0. The van der Waals surface area contributed by atoms with Crippen molar-refractivity contribution in [3.8, 4) is 0 Å². The Hall–Kier alpha value is -2.02. The van der Waals surface area contributed by atoms with Crippen LogP contribution in [0, 0.1) is 0 Å². The molecule has 1 rings (SSSR count). The molecule has 0 unspecified atom stereocenters. The van der Waals surface area contributed by atoms with Crippen molar-refractivity contribution in [1.82, 2.24) is 5.43 Å². The lowest BCUT2D eigenvalue weighted by Gasteiger charge is -2.08. The fourth-order valence-electron chi connectivity index (χ4n) is 0.951. The molecule has 1 aromatic rings. The minimum Gasteiger partial charge on any atom is -0.366 e. The zero-order valence-electron chi connectivity index (χ0n) is 7.56. The van der Waals surface area contributed by atoms with Gasteiger partial charge in [0.05, 0.1) is 11.3 Å². The second kappa shape index (κ2) is 5.01. The van der Waals surface area contributed by atoms with Gasteiger partial charge in [0.25, 0.3) is 5.91 Å². The molecule has 7 heteroatoms. The normalized spacial score (nSPS) is 9.07. The number of urea groups is 1. The van der Waals surface area contributed by atoms with Crippen LogP contribution in [-0.4, -0.2) is 11.9 Å². The number of nitrogens with zero attached hydrogens (tertiary/aromatic N) is 1. The minimum absolute atomic E-state index is 0.266. The van der Waals surface area contributed by atoms with Crippen molar-refractivity contribution in [3.63, 3.8) is 0 Å². The second-order valence-corrected chi connectivity index (χ2v) is 2.74. The van der Waals surface area contributed by atoms with Gasteiger partial charge in [0, 0.05) is 12.4 Å². The fraction of sp³-hybridized carbons (Fsp3) is 0. The molecule has 1 aromatic carbocycles. The van der Waals surface area contributed by atoms with Gasteiger partial charge in [0.1, 0.15) is 0 Å². The first-order valence-corrected chi connectivity index (χ1v) is 4.30. The zero-order valence-corrected chi connectivity index (χ0v) is 8.38. The highest BCUT2D eigenvalue weighted by Crippen LogP contribution is 2.12. The van der Waals surface area contributed by atoms with Crippen molar-refractivity contribution in [3.05, 3.63) is 29.8 Å². The van der Waals surface area contributed by atoms with Gasteiger partial charge in [-0.1, -0.05) is 12.1 Å². The average molecular weight is 224 g/mol. The Balaban J connectivity index is 2.80. The highest BCUT2D eigenvalue weighted by molar-refractivity contribution is 7.47. The largest absolute Gasteiger partial charge is 0.370 e. The van der Waals surface area contributed by atoms with E-state index in [1.54, 1.807) is 18.2 Å². The second-order valence-electron chi connectivity index (χ2n) is 2.56. The van der Waals surface area contributed by atoms with Gasteiger partial charge in [0.15, 0.2) is 0 Å². The molecular formula is C8H8N4O2S. The number of carbonyl (C=O) groups excluding carboxylic acids is 2. The molecule has 0 aromatic heterocycles. The molecule has 0 spiro atoms. The van der Waals surface area contributed by atoms with Gasteiger partial charge in [-0.2, -0.15) is 0 Å². The third-order valence-electron chi connectivity index (χ3n) is 1.58. The van der Waals surface area contributed by atoms with Gasteiger partial charge in [-0.05, 0) is 12.1 Å². The van der Waals surface area contributed by atoms with Crippen LogP contribution in [0.2, 0.25) is 0 Å². The van der Waals surface area contributed by atoms with Gasteiger partial charge < -0.3 is 5.73 Å². The molecular weight excluding hydrogens is 216 g/mol. The predicted octanol–water partition coefficient (Wildman–Crippen LogP) is 0.552. The van der Waals surface area contributed by atoms with Crippen LogP contribution in [-0.2, 0) is 12.4 Å². The van der Waals surface area contributed by atoms with Crippen LogP contribution < -0.4 is 16.6 Å². The van der Waals surface area contributed by atoms with Crippen molar-refractivity contribution < 1.29 is 9.59 Å². The molecule has 0 radical (unpaired) electrons. The Morgan fingerprint density at radius 1 is 1.33 bits per heavy atom. The number of para-hydroxylation sites is 1. The molecule has 0 saturated carbocycles. The van der Waals surface area contributed by atoms with Crippen LogP contribution in [0.5, 0.6) is 0 Å². The number of hydrogen-bond donors (Lipinski definition) is 3. The summed E-state index contributed by atoms with van der Waals surface area (Å²) in [6, 6.07) is 5.74. The van der Waals surface area contributed by atoms with Crippen molar-refractivity contribution in [2.45, 2.75) is 0 Å². The summed E-state index contributed by atoms with van der Waals surface area (Å²) in [6.45, 7) is 0. The van der Waals surface area contributed by atoms with Crippen LogP contribution in [0.15, 0.2) is 28.6 Å². The standard InChI is InChI=1S/C8H8N4O2S/c9-7(13)5-3-1-2-4-6(5)10-11-8(14)12-15/h1-4,10H,(H2,9,13)(H,11,14). The molecule has 4 N–H and O–H groups in total. The lowest BCUT2D eigenvalue weighted by atomic mass is 10.2. The van der Waals surface area contributed by atoms with E-state index in [9.17, 15) is 9.59 Å². The van der Waals surface area contributed by atoms with Crippen LogP contribution in [0.4, 0.5) is 10.5 Å². The quantitative estimate of drug-likeness (QED) is 0.653. The molecule has 0 fully saturated rings. The molecule has 0 aliphatic heterocycles. The maximum Gasteiger partial charge on any atom is 0.370 e. The summed E-state index contributed by atoms with van der Waals surface area (Å²) in [5.41, 5.74) is 10.4. The smallest absolute Gasteiger partial charge is 0.366 e. The number of benzene rings is 1. The Morgan fingerprint density at radius 3 is 2.60 bits per heavy atom. The minimum atomic E-state index is -0.718. The third-order valence-corrected chi connectivity index (χ3v) is 1.75. The molecule has 78 valence electrons. The number of rotatable bonds is 3. The number of hydrazine groups is 1. The van der Waals surface area contributed by atoms with Gasteiger partial charge >= 0.3 is 6.03 Å². The lowest BCUT2D eigenvalue weighted by molar-refractivity contribution is 0.100. The Bertz CT molecular complexity index is 407. The van der Waals surface area contributed by atoms with Crippen molar-refractivity contribution in [2.24, 2.45) is 10.1 Å². The van der Waals surface area contributed by atoms with E-state index in [-0.39, 0.29) is 5.56 Å². The van der Waals surface area contributed by atoms with Gasteiger partial charge in [0.2, 0.25) is 0 Å². The molecule has 0 atom stereocenters. The Labute approximate surface area is 91.0 Å². The van der Waals surface area contributed by atoms with E-state index < -0.39 is 11.9 Å². The monoisotopic (exact) mass is 224 g/mol. The first-order valence-electron chi connectivity index (χ1n) is 3.93. The van der Waals surface area contributed by atoms with Gasteiger partial charge in [-0.25, -0.2) is 10.2 Å². The SMILES string of the molecule is NC(=O)c1ccccc1NNC(=O)N=S. The van der Waals surface area contributed by atoms with E-state index in [1.165, 1.54) is 6.07 Å². The van der Waals surface area contributed by atoms with E-state index in [0.29, 0.717) is 5.69 Å². The Kier molecular flexibility index (Phi) is 3.69. The van der Waals surface area contributed by atoms with Crippen molar-refractivity contribution in [1.29, 1.82) is 0 Å². The first kappa shape index (κ1) is 11.1. The number of hydrogen-bond acceptors (Lipinski definition) is 4. The van der Waals surface area contributed by atoms with E-state index in [1.807, 2.05) is 0 Å². The highest BCUT2D eigenvalue weighted by Gasteiger charge is 2.06. The summed E-state index contributed by atoms with van der Waals surface area (Å²) in [5.74, 6) is -0.595. The van der Waals surface area contributed by atoms with Crippen LogP contribution in [0.25, 0.3) is 0 Å². The summed E-state index contributed by atoms with van der Waals surface area (Å²) < 4.78 is 2.93. The van der Waals surface area contributed by atoms with Crippen LogP contribution in [0.3, 0.4) is 0 Å². The number of carbonyl (C=O) groups is 2. The molecule has 0 bridgehead atoms. The van der Waals surface area contributed by atoms with Crippen LogP contribution >= 0.6 is 0 Å². The van der Waals surface area contributed by atoms with Gasteiger partial charge in [-0.15, -0.1) is 4.36 Å². The molecule has 0 aliphatic rings. The van der Waals surface area contributed by atoms with E-state index in [4.69, 9.17) is 5.73 Å². The topological polar surface area (TPSA) is 96.6 Å². The van der Waals surface area contributed by atoms with Crippen molar-refractivity contribution in [2.75, 3.05) is 5.43 Å². The van der Waals surface area contributed by atoms with Crippen molar-refractivity contribution >= 4 is 30.1 Å².